The summed E-state index contributed by atoms with van der Waals surface area (Å²) in [7, 11) is 0. The molecular weight excluding hydrogens is 232 g/mol. The molecule has 2 N–H and O–H groups in total. The van der Waals surface area contributed by atoms with Crippen LogP contribution in [0.3, 0.4) is 0 Å². The van der Waals surface area contributed by atoms with E-state index in [0.29, 0.717) is 23.7 Å². The molecule has 5 heteroatoms. The fraction of sp³-hybridized carbons (Fsp3) is 0.385. The minimum absolute atomic E-state index is 0.294. The number of hydrogen-bond acceptors (Lipinski definition) is 4. The maximum absolute atomic E-state index is 11.2. The molecule has 2 aromatic heterocycles. The number of furan rings is 1. The predicted molar refractivity (Wildman–Crippen MR) is 68.5 cm³/mol. The first kappa shape index (κ1) is 12.4. The molecule has 0 saturated carbocycles. The van der Waals surface area contributed by atoms with Crippen LogP contribution in [-0.2, 0) is 4.79 Å². The van der Waals surface area contributed by atoms with Gasteiger partial charge in [0.05, 0.1) is 11.6 Å². The highest BCUT2D eigenvalue weighted by Crippen LogP contribution is 2.23. The van der Waals surface area contributed by atoms with Crippen molar-refractivity contribution in [1.29, 1.82) is 0 Å². The van der Waals surface area contributed by atoms with E-state index in [-0.39, 0.29) is 0 Å². The lowest BCUT2D eigenvalue weighted by atomic mass is 10.0. The van der Waals surface area contributed by atoms with E-state index in [2.05, 4.69) is 10.3 Å². The average Bonchev–Trinajstić information content (AvgIpc) is 2.76. The van der Waals surface area contributed by atoms with Crippen molar-refractivity contribution in [3.8, 4) is 0 Å². The largest absolute Gasteiger partial charge is 0.480 e. The van der Waals surface area contributed by atoms with Crippen LogP contribution in [-0.4, -0.2) is 22.1 Å². The number of carboxylic acids is 1. The number of aromatic nitrogens is 1. The number of hydrogen-bond donors (Lipinski definition) is 2. The number of nitrogens with one attached hydrogen (secondary N) is 1. The molecule has 5 nitrogen and oxygen atoms in total. The highest BCUT2D eigenvalue weighted by molar-refractivity contribution is 5.89. The smallest absolute Gasteiger partial charge is 0.326 e. The first-order valence-electron chi connectivity index (χ1n) is 5.89. The van der Waals surface area contributed by atoms with E-state index < -0.39 is 12.0 Å². The molecule has 0 bridgehead atoms. The molecule has 0 radical (unpaired) electrons. The van der Waals surface area contributed by atoms with Gasteiger partial charge < -0.3 is 14.8 Å². The third kappa shape index (κ3) is 2.61. The maximum Gasteiger partial charge on any atom is 0.326 e. The zero-order chi connectivity index (χ0) is 13.1. The SMILES string of the molecule is CC(C)C[C@H](Nc1nccc2occc12)C(=O)O. The Labute approximate surface area is 105 Å². The van der Waals surface area contributed by atoms with Crippen molar-refractivity contribution in [3.05, 3.63) is 24.6 Å². The van der Waals surface area contributed by atoms with Crippen LogP contribution in [0.15, 0.2) is 29.0 Å². The summed E-state index contributed by atoms with van der Waals surface area (Å²) in [4.78, 5) is 15.4. The minimum Gasteiger partial charge on any atom is -0.480 e. The van der Waals surface area contributed by atoms with Crippen molar-refractivity contribution >= 4 is 22.8 Å². The van der Waals surface area contributed by atoms with Crippen molar-refractivity contribution in [3.63, 3.8) is 0 Å². The zero-order valence-electron chi connectivity index (χ0n) is 10.4. The van der Waals surface area contributed by atoms with Gasteiger partial charge in [0.1, 0.15) is 17.4 Å². The van der Waals surface area contributed by atoms with Gasteiger partial charge in [-0.05, 0) is 24.5 Å². The number of nitrogens with zero attached hydrogens (tertiary/aromatic N) is 1. The van der Waals surface area contributed by atoms with Crippen molar-refractivity contribution < 1.29 is 14.3 Å². The monoisotopic (exact) mass is 248 g/mol. The number of rotatable bonds is 5. The number of pyridine rings is 1. The van der Waals surface area contributed by atoms with Crippen molar-refractivity contribution in [2.75, 3.05) is 5.32 Å². The summed E-state index contributed by atoms with van der Waals surface area (Å²) in [6, 6.07) is 2.88. The van der Waals surface area contributed by atoms with Crippen LogP contribution in [0.25, 0.3) is 11.0 Å². The molecule has 0 aromatic carbocycles. The van der Waals surface area contributed by atoms with Gasteiger partial charge in [-0.2, -0.15) is 0 Å². The van der Waals surface area contributed by atoms with Gasteiger partial charge in [-0.25, -0.2) is 9.78 Å². The van der Waals surface area contributed by atoms with E-state index in [1.165, 1.54) is 0 Å². The van der Waals surface area contributed by atoms with Gasteiger partial charge in [0.25, 0.3) is 0 Å². The van der Waals surface area contributed by atoms with Gasteiger partial charge in [-0.15, -0.1) is 0 Å². The summed E-state index contributed by atoms with van der Waals surface area (Å²) in [5.74, 6) is -0.0255. The van der Waals surface area contributed by atoms with Gasteiger partial charge in [0.2, 0.25) is 0 Å². The van der Waals surface area contributed by atoms with Crippen LogP contribution >= 0.6 is 0 Å². The van der Waals surface area contributed by atoms with E-state index in [9.17, 15) is 9.90 Å². The first-order valence-corrected chi connectivity index (χ1v) is 5.89. The van der Waals surface area contributed by atoms with Crippen LogP contribution < -0.4 is 5.32 Å². The highest BCUT2D eigenvalue weighted by Gasteiger charge is 2.20. The third-order valence-electron chi connectivity index (χ3n) is 2.70. The van der Waals surface area contributed by atoms with Gasteiger partial charge in [-0.3, -0.25) is 0 Å². The Hall–Kier alpha value is -2.04. The quantitative estimate of drug-likeness (QED) is 0.850. The minimum atomic E-state index is -0.869. The lowest BCUT2D eigenvalue weighted by Crippen LogP contribution is -2.31. The number of carboxylic acid groups (broad SMARTS) is 1. The summed E-state index contributed by atoms with van der Waals surface area (Å²) in [6.45, 7) is 3.98. The van der Waals surface area contributed by atoms with Crippen LogP contribution in [0.4, 0.5) is 5.82 Å². The second-order valence-corrected chi connectivity index (χ2v) is 4.66. The average molecular weight is 248 g/mol. The topological polar surface area (TPSA) is 75.4 Å². The summed E-state index contributed by atoms with van der Waals surface area (Å²) < 4.78 is 5.25. The Bertz CT molecular complexity index is 548. The number of aliphatic carboxylic acids is 1. The molecule has 2 aromatic rings. The molecule has 0 aliphatic carbocycles. The molecule has 2 heterocycles. The van der Waals surface area contributed by atoms with Gasteiger partial charge in [0.15, 0.2) is 0 Å². The zero-order valence-corrected chi connectivity index (χ0v) is 10.4. The Balaban J connectivity index is 2.25. The molecule has 0 unspecified atom stereocenters. The summed E-state index contributed by atoms with van der Waals surface area (Å²) in [5, 5.41) is 13.0. The Morgan fingerprint density at radius 1 is 1.50 bits per heavy atom. The molecule has 1 atom stereocenters. The molecule has 0 fully saturated rings. The van der Waals surface area contributed by atoms with Crippen molar-refractivity contribution in [1.82, 2.24) is 4.98 Å². The Kier molecular flexibility index (Phi) is 3.50. The predicted octanol–water partition coefficient (Wildman–Crippen LogP) is 2.74. The molecule has 0 aliphatic rings. The van der Waals surface area contributed by atoms with Crippen molar-refractivity contribution in [2.24, 2.45) is 5.92 Å². The number of anilines is 1. The lowest BCUT2D eigenvalue weighted by Gasteiger charge is -2.17. The number of fused-ring (bicyclic) bond motifs is 1. The first-order chi connectivity index (χ1) is 8.58. The molecule has 0 amide bonds. The van der Waals surface area contributed by atoms with Gasteiger partial charge >= 0.3 is 5.97 Å². The molecule has 0 aliphatic heterocycles. The van der Waals surface area contributed by atoms with Crippen LogP contribution in [0, 0.1) is 5.92 Å². The van der Waals surface area contributed by atoms with Crippen LogP contribution in [0.1, 0.15) is 20.3 Å². The van der Waals surface area contributed by atoms with E-state index >= 15 is 0 Å². The molecule has 0 saturated heterocycles. The molecule has 2 rings (SSSR count). The standard InChI is InChI=1S/C13H16N2O3/c1-8(2)7-10(13(16)17)15-12-9-4-6-18-11(9)3-5-14-12/h3-6,8,10H,7H2,1-2H3,(H,14,15)(H,16,17)/t10-/m0/s1. The fourth-order valence-corrected chi connectivity index (χ4v) is 1.87. The normalized spacial score (nSPS) is 12.8. The van der Waals surface area contributed by atoms with Gasteiger partial charge in [-0.1, -0.05) is 13.8 Å². The molecule has 18 heavy (non-hydrogen) atoms. The third-order valence-corrected chi connectivity index (χ3v) is 2.70. The molecule has 96 valence electrons. The van der Waals surface area contributed by atoms with Crippen molar-refractivity contribution in [2.45, 2.75) is 26.3 Å². The van der Waals surface area contributed by atoms with E-state index in [1.807, 2.05) is 13.8 Å². The van der Waals surface area contributed by atoms with Crippen LogP contribution in [0.5, 0.6) is 0 Å². The Morgan fingerprint density at radius 3 is 2.94 bits per heavy atom. The summed E-state index contributed by atoms with van der Waals surface area (Å²) in [6.07, 6.45) is 3.71. The molecular formula is C13H16N2O3. The maximum atomic E-state index is 11.2. The Morgan fingerprint density at radius 2 is 2.28 bits per heavy atom. The van der Waals surface area contributed by atoms with E-state index in [0.717, 1.165) is 5.39 Å². The summed E-state index contributed by atoms with van der Waals surface area (Å²) in [5.41, 5.74) is 0.696. The van der Waals surface area contributed by atoms with Gasteiger partial charge in [0, 0.05) is 6.20 Å². The summed E-state index contributed by atoms with van der Waals surface area (Å²) >= 11 is 0. The van der Waals surface area contributed by atoms with E-state index in [1.54, 1.807) is 24.6 Å². The second kappa shape index (κ2) is 5.08. The molecule has 0 spiro atoms. The fourth-order valence-electron chi connectivity index (χ4n) is 1.87. The van der Waals surface area contributed by atoms with E-state index in [4.69, 9.17) is 4.42 Å². The van der Waals surface area contributed by atoms with Crippen LogP contribution in [0.2, 0.25) is 0 Å². The number of carbonyl (C=O) groups is 1. The second-order valence-electron chi connectivity index (χ2n) is 4.66. The lowest BCUT2D eigenvalue weighted by molar-refractivity contribution is -0.138. The highest BCUT2D eigenvalue weighted by atomic mass is 16.4.